The van der Waals surface area contributed by atoms with Gasteiger partial charge in [0.2, 0.25) is 0 Å². The molecule has 0 fully saturated rings. The molecule has 0 radical (unpaired) electrons. The topological polar surface area (TPSA) is 44.5 Å². The first-order chi connectivity index (χ1) is 7.69. The predicted molar refractivity (Wildman–Crippen MR) is 72.0 cm³/mol. The summed E-state index contributed by atoms with van der Waals surface area (Å²) in [6, 6.07) is 4.06. The minimum Gasteiger partial charge on any atom is -0.489 e. The fourth-order valence-electron chi connectivity index (χ4n) is 1.29. The van der Waals surface area contributed by atoms with Gasteiger partial charge in [0, 0.05) is 7.11 Å². The van der Waals surface area contributed by atoms with Crippen LogP contribution in [0.3, 0.4) is 0 Å². The first-order valence-corrected chi connectivity index (χ1v) is 6.57. The van der Waals surface area contributed by atoms with E-state index in [1.54, 1.807) is 7.11 Å². The van der Waals surface area contributed by atoms with E-state index in [1.807, 2.05) is 12.1 Å². The molecule has 0 bridgehead atoms. The standard InChI is InChI=1S/C11H15Br2NO2/c1-15-4-5-16-11-9(12)6-8(2-3-14)7-10(11)13/h6-7H,2-5,14H2,1H3. The van der Waals surface area contributed by atoms with Gasteiger partial charge in [-0.25, -0.2) is 0 Å². The van der Waals surface area contributed by atoms with Gasteiger partial charge in [-0.3, -0.25) is 0 Å². The first-order valence-electron chi connectivity index (χ1n) is 4.98. The van der Waals surface area contributed by atoms with E-state index in [4.69, 9.17) is 15.2 Å². The molecule has 2 N–H and O–H groups in total. The molecular formula is C11H15Br2NO2. The minimum atomic E-state index is 0.532. The second kappa shape index (κ2) is 7.27. The molecule has 3 nitrogen and oxygen atoms in total. The summed E-state index contributed by atoms with van der Waals surface area (Å²) in [5.74, 6) is 0.804. The van der Waals surface area contributed by atoms with E-state index in [0.717, 1.165) is 21.1 Å². The van der Waals surface area contributed by atoms with Gasteiger partial charge >= 0.3 is 0 Å². The third-order valence-corrected chi connectivity index (χ3v) is 3.20. The third-order valence-electron chi connectivity index (χ3n) is 2.02. The molecule has 0 aliphatic rings. The minimum absolute atomic E-state index is 0.532. The molecule has 0 aliphatic carbocycles. The highest BCUT2D eigenvalue weighted by Crippen LogP contribution is 2.34. The number of hydrogen-bond acceptors (Lipinski definition) is 3. The number of methoxy groups -OCH3 is 1. The highest BCUT2D eigenvalue weighted by Gasteiger charge is 2.08. The van der Waals surface area contributed by atoms with Crippen LogP contribution in [-0.2, 0) is 11.2 Å². The maximum absolute atomic E-state index is 5.59. The second-order valence-corrected chi connectivity index (χ2v) is 4.98. The van der Waals surface area contributed by atoms with Crippen molar-refractivity contribution in [3.05, 3.63) is 26.6 Å². The van der Waals surface area contributed by atoms with E-state index >= 15 is 0 Å². The Labute approximate surface area is 113 Å². The molecule has 0 saturated heterocycles. The Bertz CT molecular complexity index is 322. The van der Waals surface area contributed by atoms with Crippen LogP contribution in [0.1, 0.15) is 5.56 Å². The van der Waals surface area contributed by atoms with Gasteiger partial charge in [0.05, 0.1) is 15.6 Å². The Kier molecular flexibility index (Phi) is 6.34. The molecule has 16 heavy (non-hydrogen) atoms. The van der Waals surface area contributed by atoms with Crippen LogP contribution in [0.4, 0.5) is 0 Å². The molecule has 0 unspecified atom stereocenters. The number of ether oxygens (including phenoxy) is 2. The van der Waals surface area contributed by atoms with E-state index in [-0.39, 0.29) is 0 Å². The maximum atomic E-state index is 5.59. The lowest BCUT2D eigenvalue weighted by Gasteiger charge is -2.11. The van der Waals surface area contributed by atoms with E-state index in [2.05, 4.69) is 31.9 Å². The van der Waals surface area contributed by atoms with Crippen LogP contribution in [0, 0.1) is 0 Å². The van der Waals surface area contributed by atoms with Crippen molar-refractivity contribution in [2.75, 3.05) is 26.9 Å². The van der Waals surface area contributed by atoms with Crippen molar-refractivity contribution in [2.45, 2.75) is 6.42 Å². The van der Waals surface area contributed by atoms with Crippen LogP contribution in [0.15, 0.2) is 21.1 Å². The van der Waals surface area contributed by atoms with Crippen molar-refractivity contribution in [3.8, 4) is 5.75 Å². The molecule has 0 amide bonds. The molecule has 90 valence electrons. The quantitative estimate of drug-likeness (QED) is 0.800. The van der Waals surface area contributed by atoms with Crippen LogP contribution < -0.4 is 10.5 Å². The maximum Gasteiger partial charge on any atom is 0.147 e. The smallest absolute Gasteiger partial charge is 0.147 e. The van der Waals surface area contributed by atoms with E-state index in [1.165, 1.54) is 5.56 Å². The Morgan fingerprint density at radius 1 is 1.19 bits per heavy atom. The van der Waals surface area contributed by atoms with Gasteiger partial charge in [-0.15, -0.1) is 0 Å². The van der Waals surface area contributed by atoms with Crippen LogP contribution in [0.5, 0.6) is 5.75 Å². The lowest BCUT2D eigenvalue weighted by molar-refractivity contribution is 0.145. The zero-order valence-corrected chi connectivity index (χ0v) is 12.3. The van der Waals surface area contributed by atoms with Crippen LogP contribution in [-0.4, -0.2) is 26.9 Å². The Balaban J connectivity index is 2.77. The second-order valence-electron chi connectivity index (χ2n) is 3.27. The van der Waals surface area contributed by atoms with Gasteiger partial charge in [-0.05, 0) is 62.5 Å². The summed E-state index contributed by atoms with van der Waals surface area (Å²) < 4.78 is 12.4. The zero-order valence-electron chi connectivity index (χ0n) is 9.13. The average molecular weight is 353 g/mol. The molecular weight excluding hydrogens is 338 g/mol. The number of halogens is 2. The van der Waals surface area contributed by atoms with Crippen LogP contribution in [0.25, 0.3) is 0 Å². The SMILES string of the molecule is COCCOc1c(Br)cc(CCN)cc1Br. The highest BCUT2D eigenvalue weighted by molar-refractivity contribution is 9.11. The van der Waals surface area contributed by atoms with Crippen molar-refractivity contribution in [3.63, 3.8) is 0 Å². The summed E-state index contributed by atoms with van der Waals surface area (Å²) in [4.78, 5) is 0. The Morgan fingerprint density at radius 3 is 2.31 bits per heavy atom. The number of hydrogen-bond donors (Lipinski definition) is 1. The molecule has 5 heteroatoms. The summed E-state index contributed by atoms with van der Waals surface area (Å²) in [7, 11) is 1.65. The van der Waals surface area contributed by atoms with Crippen LogP contribution >= 0.6 is 31.9 Å². The third kappa shape index (κ3) is 4.05. The van der Waals surface area contributed by atoms with Gasteiger partial charge in [-0.2, -0.15) is 0 Å². The Morgan fingerprint density at radius 2 is 1.81 bits per heavy atom. The number of nitrogens with two attached hydrogens (primary N) is 1. The zero-order chi connectivity index (χ0) is 12.0. The fourth-order valence-corrected chi connectivity index (χ4v) is 2.80. The molecule has 1 aromatic rings. The lowest BCUT2D eigenvalue weighted by atomic mass is 10.1. The lowest BCUT2D eigenvalue weighted by Crippen LogP contribution is -2.06. The number of rotatable bonds is 6. The largest absolute Gasteiger partial charge is 0.489 e. The highest BCUT2D eigenvalue weighted by atomic mass is 79.9. The van der Waals surface area contributed by atoms with Crippen molar-refractivity contribution >= 4 is 31.9 Å². The normalized spacial score (nSPS) is 10.5. The van der Waals surface area contributed by atoms with Gasteiger partial charge in [0.1, 0.15) is 12.4 Å². The first kappa shape index (κ1) is 14.0. The number of benzene rings is 1. The summed E-state index contributed by atoms with van der Waals surface area (Å²) in [6.45, 7) is 1.75. The van der Waals surface area contributed by atoms with E-state index in [0.29, 0.717) is 19.8 Å². The summed E-state index contributed by atoms with van der Waals surface area (Å²) in [5.41, 5.74) is 6.70. The molecule has 0 aliphatic heterocycles. The van der Waals surface area contributed by atoms with Crippen molar-refractivity contribution in [1.82, 2.24) is 0 Å². The van der Waals surface area contributed by atoms with E-state index in [9.17, 15) is 0 Å². The molecule has 0 heterocycles. The molecule has 1 aromatic carbocycles. The van der Waals surface area contributed by atoms with Gasteiger partial charge in [0.25, 0.3) is 0 Å². The summed E-state index contributed by atoms with van der Waals surface area (Å²) in [5, 5.41) is 0. The van der Waals surface area contributed by atoms with Gasteiger partial charge in [0.15, 0.2) is 0 Å². The Hall–Kier alpha value is -0.100. The fraction of sp³-hybridized carbons (Fsp3) is 0.455. The van der Waals surface area contributed by atoms with E-state index < -0.39 is 0 Å². The van der Waals surface area contributed by atoms with Crippen LogP contribution in [0.2, 0.25) is 0 Å². The molecule has 0 spiro atoms. The molecule has 0 aromatic heterocycles. The van der Waals surface area contributed by atoms with Gasteiger partial charge < -0.3 is 15.2 Å². The molecule has 0 atom stereocenters. The predicted octanol–water partition coefficient (Wildman–Crippen LogP) is 2.74. The van der Waals surface area contributed by atoms with Crippen molar-refractivity contribution < 1.29 is 9.47 Å². The summed E-state index contributed by atoms with van der Waals surface area (Å²) in [6.07, 6.45) is 0.857. The van der Waals surface area contributed by atoms with Crippen molar-refractivity contribution in [1.29, 1.82) is 0 Å². The average Bonchev–Trinajstić information content (AvgIpc) is 2.23. The van der Waals surface area contributed by atoms with Crippen molar-refractivity contribution in [2.24, 2.45) is 5.73 Å². The monoisotopic (exact) mass is 351 g/mol. The summed E-state index contributed by atoms with van der Waals surface area (Å²) >= 11 is 6.97. The van der Waals surface area contributed by atoms with Gasteiger partial charge in [-0.1, -0.05) is 0 Å². The molecule has 1 rings (SSSR count). The molecule has 0 saturated carbocycles.